The number of pyridine rings is 1. The molecule has 1 saturated carbocycles. The van der Waals surface area contributed by atoms with Gasteiger partial charge in [0, 0.05) is 41.5 Å². The Balaban J connectivity index is 0.00000325. The molecular weight excluding hydrogens is 619 g/mol. The van der Waals surface area contributed by atoms with E-state index >= 15 is 4.39 Å². The Hall–Kier alpha value is -4.66. The maximum absolute atomic E-state index is 15.3. The molecule has 248 valence electrons. The number of aromatic nitrogens is 1. The van der Waals surface area contributed by atoms with Gasteiger partial charge < -0.3 is 31.4 Å². The van der Waals surface area contributed by atoms with Gasteiger partial charge in [-0.2, -0.15) is 0 Å². The van der Waals surface area contributed by atoms with Crippen LogP contribution in [-0.4, -0.2) is 41.1 Å². The number of rotatable bonds is 16. The summed E-state index contributed by atoms with van der Waals surface area (Å²) in [5, 5.41) is 14.6. The number of carbonyl (C=O) groups excluding carboxylic acids is 2. The Morgan fingerprint density at radius 2 is 1.50 bits per heavy atom. The van der Waals surface area contributed by atoms with Gasteiger partial charge >= 0.3 is 24.8 Å². The van der Waals surface area contributed by atoms with E-state index in [1.807, 2.05) is 6.92 Å². The number of amides is 2. The molecule has 10 nitrogen and oxygen atoms in total. The second kappa shape index (κ2) is 16.4. The van der Waals surface area contributed by atoms with Gasteiger partial charge in [0.25, 0.3) is 0 Å². The quantitative estimate of drug-likeness (QED) is 0.0907. The van der Waals surface area contributed by atoms with Crippen LogP contribution in [0.25, 0.3) is 10.9 Å². The van der Waals surface area contributed by atoms with Gasteiger partial charge in [-0.1, -0.05) is 12.8 Å². The van der Waals surface area contributed by atoms with Crippen LogP contribution in [0.3, 0.4) is 0 Å². The van der Waals surface area contributed by atoms with E-state index in [2.05, 4.69) is 15.6 Å². The third-order valence-electron chi connectivity index (χ3n) is 7.74. The molecule has 2 amide bonds. The Kier molecular flexibility index (Phi) is 12.4. The minimum absolute atomic E-state index is 0. The van der Waals surface area contributed by atoms with Crippen LogP contribution >= 0.6 is 0 Å². The molecule has 0 aliphatic heterocycles. The zero-order valence-electron chi connectivity index (χ0n) is 27.8. The number of hydrogen-bond acceptors (Lipinski definition) is 7. The molecule has 0 saturated heterocycles. The van der Waals surface area contributed by atoms with Crippen LogP contribution in [0.1, 0.15) is 53.3 Å². The largest absolute Gasteiger partial charge is 1.00 e. The van der Waals surface area contributed by atoms with Crippen LogP contribution in [-0.2, 0) is 14.4 Å². The van der Waals surface area contributed by atoms with E-state index in [0.717, 1.165) is 25.3 Å². The van der Waals surface area contributed by atoms with Crippen molar-refractivity contribution >= 4 is 40.1 Å². The number of halogens is 2. The summed E-state index contributed by atoms with van der Waals surface area (Å²) in [6.45, 7) is 2.64. The molecule has 0 spiro atoms. The molecule has 1 fully saturated rings. The first-order valence-corrected chi connectivity index (χ1v) is 15.4. The fourth-order valence-electron chi connectivity index (χ4n) is 5.01. The number of nitrogens with zero attached hydrogens (tertiary/aromatic N) is 1. The summed E-state index contributed by atoms with van der Waals surface area (Å²) in [5.41, 5.74) is -0.229. The second-order valence-corrected chi connectivity index (χ2v) is 11.2. The normalized spacial score (nSPS) is 12.8. The third-order valence-corrected chi connectivity index (χ3v) is 7.74. The molecule has 1 aliphatic carbocycles. The van der Waals surface area contributed by atoms with Gasteiger partial charge in [-0.15, -0.1) is 0 Å². The number of anilines is 2. The molecule has 13 heteroatoms. The first kappa shape index (κ1) is 36.2. The molecule has 48 heavy (non-hydrogen) atoms. The summed E-state index contributed by atoms with van der Waals surface area (Å²) < 4.78 is 46.2. The minimum atomic E-state index is -1.29. The molecule has 0 bridgehead atoms. The average molecular weight is 656 g/mol. The van der Waals surface area contributed by atoms with Crippen molar-refractivity contribution in [2.45, 2.75) is 51.9 Å². The third kappa shape index (κ3) is 9.02. The van der Waals surface area contributed by atoms with Gasteiger partial charge in [0.1, 0.15) is 17.0 Å². The van der Waals surface area contributed by atoms with E-state index in [4.69, 9.17) is 19.3 Å². The van der Waals surface area contributed by atoms with Gasteiger partial charge in [-0.05, 0) is 81.1 Å². The summed E-state index contributed by atoms with van der Waals surface area (Å²) in [6.07, 6.45) is 5.35. The number of carboxylic acids is 1. The Morgan fingerprint density at radius 1 is 0.833 bits per heavy atom. The smallest absolute Gasteiger partial charge is 1.00 e. The standard InChI is InChI=1S/C35H35F2N3O7.Li.H/c1-2-45-30-20-25-27(21-31(30)46-18-6-4-3-5-7-32(41)42)38-17-14-28(25)47-29-13-12-24(19-26(29)37)40-34(44)35(15-16-35)33(43)39-23-10-8-22(36)9-11-23;;/h8-14,17,19-21H,2-7,15-16,18H2,1H3,(H,39,43)(H,40,44)(H,41,42);;/q;+1;-1. The van der Waals surface area contributed by atoms with Gasteiger partial charge in [0.15, 0.2) is 23.1 Å². The van der Waals surface area contributed by atoms with Crippen LogP contribution in [0.15, 0.2) is 66.9 Å². The number of ether oxygens (including phenoxy) is 3. The summed E-state index contributed by atoms with van der Waals surface area (Å²) in [4.78, 5) is 41.0. The summed E-state index contributed by atoms with van der Waals surface area (Å²) in [6, 6.07) is 14.3. The Labute approximate surface area is 289 Å². The van der Waals surface area contributed by atoms with Crippen LogP contribution in [0.5, 0.6) is 23.0 Å². The van der Waals surface area contributed by atoms with Crippen LogP contribution < -0.4 is 43.7 Å². The Morgan fingerprint density at radius 3 is 2.17 bits per heavy atom. The van der Waals surface area contributed by atoms with Crippen molar-refractivity contribution in [3.63, 3.8) is 0 Å². The first-order chi connectivity index (χ1) is 22.7. The zero-order valence-corrected chi connectivity index (χ0v) is 26.8. The van der Waals surface area contributed by atoms with E-state index in [0.29, 0.717) is 66.3 Å². The van der Waals surface area contributed by atoms with Crippen LogP contribution in [0, 0.1) is 17.0 Å². The molecule has 0 radical (unpaired) electrons. The van der Waals surface area contributed by atoms with Gasteiger partial charge in [0.2, 0.25) is 11.8 Å². The van der Waals surface area contributed by atoms with Crippen molar-refractivity contribution in [1.29, 1.82) is 0 Å². The fraction of sp³-hybridized carbons (Fsp3) is 0.314. The maximum Gasteiger partial charge on any atom is 1.00 e. The number of carbonyl (C=O) groups is 3. The van der Waals surface area contributed by atoms with Crippen molar-refractivity contribution in [1.82, 2.24) is 4.98 Å². The molecule has 0 unspecified atom stereocenters. The van der Waals surface area contributed by atoms with Gasteiger partial charge in [0.05, 0.1) is 18.7 Å². The van der Waals surface area contributed by atoms with Crippen LogP contribution in [0.4, 0.5) is 20.2 Å². The fourth-order valence-corrected chi connectivity index (χ4v) is 5.01. The van der Waals surface area contributed by atoms with E-state index in [-0.39, 0.29) is 38.1 Å². The van der Waals surface area contributed by atoms with E-state index < -0.39 is 34.8 Å². The Bertz CT molecular complexity index is 1770. The summed E-state index contributed by atoms with van der Waals surface area (Å²) in [7, 11) is 0. The van der Waals surface area contributed by atoms with Gasteiger partial charge in [-0.25, -0.2) is 8.78 Å². The summed E-state index contributed by atoms with van der Waals surface area (Å²) >= 11 is 0. The molecule has 4 aromatic rings. The monoisotopic (exact) mass is 655 g/mol. The number of nitrogens with one attached hydrogen (secondary N) is 2. The molecule has 1 aliphatic rings. The van der Waals surface area contributed by atoms with Crippen molar-refractivity contribution in [2.24, 2.45) is 5.41 Å². The van der Waals surface area contributed by atoms with Crippen molar-refractivity contribution in [3.8, 4) is 23.0 Å². The number of hydrogen-bond donors (Lipinski definition) is 3. The number of unbranched alkanes of at least 4 members (excludes halogenated alkanes) is 3. The second-order valence-electron chi connectivity index (χ2n) is 11.2. The minimum Gasteiger partial charge on any atom is -1.00 e. The topological polar surface area (TPSA) is 136 Å². The summed E-state index contributed by atoms with van der Waals surface area (Å²) in [5.74, 6) is -1.85. The molecule has 0 atom stereocenters. The number of fused-ring (bicyclic) bond motifs is 1. The molecule has 1 aromatic heterocycles. The van der Waals surface area contributed by atoms with Crippen molar-refractivity contribution in [2.75, 3.05) is 23.8 Å². The first-order valence-electron chi connectivity index (χ1n) is 15.4. The predicted octanol–water partition coefficient (Wildman–Crippen LogP) is 4.59. The molecule has 5 rings (SSSR count). The number of carboxylic acid groups (broad SMARTS) is 1. The zero-order chi connectivity index (χ0) is 33.4. The SMILES string of the molecule is CCOc1cc2c(Oc3ccc(NC(=O)C4(C(=O)Nc5ccc(F)cc5)CC4)cc3F)ccnc2cc1OCCCCCCC(=O)O.[H-].[Li+]. The molecule has 3 N–H and O–H groups in total. The predicted molar refractivity (Wildman–Crippen MR) is 172 cm³/mol. The number of benzene rings is 3. The van der Waals surface area contributed by atoms with Crippen molar-refractivity contribution in [3.05, 3.63) is 78.5 Å². The maximum atomic E-state index is 15.3. The van der Waals surface area contributed by atoms with E-state index in [1.54, 1.807) is 18.2 Å². The van der Waals surface area contributed by atoms with Crippen LogP contribution in [0.2, 0.25) is 0 Å². The molecule has 1 heterocycles. The van der Waals surface area contributed by atoms with Crippen molar-refractivity contribution < 1.29 is 62.8 Å². The van der Waals surface area contributed by atoms with E-state index in [9.17, 15) is 18.8 Å². The van der Waals surface area contributed by atoms with Gasteiger partial charge in [-0.3, -0.25) is 19.4 Å². The average Bonchev–Trinajstić information content (AvgIpc) is 3.86. The number of aliphatic carboxylic acids is 1. The molecular formula is C35H36F2LiN3O7. The van der Waals surface area contributed by atoms with E-state index in [1.165, 1.54) is 42.6 Å². The molecule has 3 aromatic carbocycles.